The first-order valence-corrected chi connectivity index (χ1v) is 6.25. The smallest absolute Gasteiger partial charge is 0.392 e. The van der Waals surface area contributed by atoms with Crippen LogP contribution in [0.4, 0.5) is 13.2 Å². The van der Waals surface area contributed by atoms with E-state index in [1.165, 1.54) is 0 Å². The van der Waals surface area contributed by atoms with Crippen molar-refractivity contribution >= 4 is 12.0 Å². The SMILES string of the molecule is C=Cc1ccc(C(C)C[C@H](CC(=O)O)C(F)(F)F)cc1. The Morgan fingerprint density at radius 1 is 1.35 bits per heavy atom. The minimum atomic E-state index is -4.49. The van der Waals surface area contributed by atoms with Crippen molar-refractivity contribution in [1.82, 2.24) is 0 Å². The van der Waals surface area contributed by atoms with Gasteiger partial charge in [-0.2, -0.15) is 13.2 Å². The average molecular weight is 286 g/mol. The van der Waals surface area contributed by atoms with E-state index < -0.39 is 24.5 Å². The third kappa shape index (κ3) is 4.72. The molecule has 0 amide bonds. The van der Waals surface area contributed by atoms with Gasteiger partial charge in [-0.25, -0.2) is 0 Å². The lowest BCUT2D eigenvalue weighted by Crippen LogP contribution is -2.27. The molecule has 0 heterocycles. The standard InChI is InChI=1S/C15H17F3O2/c1-3-11-4-6-12(7-5-11)10(2)8-13(9-14(19)20)15(16,17)18/h3-7,10,13H,1,8-9H2,2H3,(H,19,20)/t10?,13-/m1/s1. The number of halogens is 3. The zero-order valence-electron chi connectivity index (χ0n) is 11.2. The maximum absolute atomic E-state index is 12.8. The molecular formula is C15H17F3O2. The predicted octanol–water partition coefficient (Wildman–Crippen LogP) is 4.48. The van der Waals surface area contributed by atoms with Gasteiger partial charge in [-0.15, -0.1) is 0 Å². The van der Waals surface area contributed by atoms with Gasteiger partial charge in [0, 0.05) is 0 Å². The molecule has 0 saturated heterocycles. The first kappa shape index (κ1) is 16.3. The summed E-state index contributed by atoms with van der Waals surface area (Å²) in [7, 11) is 0. The number of carbonyl (C=O) groups is 1. The topological polar surface area (TPSA) is 37.3 Å². The molecule has 0 spiro atoms. The van der Waals surface area contributed by atoms with Crippen LogP contribution in [0, 0.1) is 5.92 Å². The van der Waals surface area contributed by atoms with Crippen LogP contribution in [0.2, 0.25) is 0 Å². The molecule has 0 bridgehead atoms. The zero-order chi connectivity index (χ0) is 15.3. The molecule has 1 N–H and O–H groups in total. The second kappa shape index (κ2) is 6.59. The fourth-order valence-corrected chi connectivity index (χ4v) is 2.07. The van der Waals surface area contributed by atoms with Crippen LogP contribution < -0.4 is 0 Å². The highest BCUT2D eigenvalue weighted by molar-refractivity contribution is 5.67. The Balaban J connectivity index is 2.81. The Kier molecular flexibility index (Phi) is 5.36. The molecule has 0 aromatic heterocycles. The van der Waals surface area contributed by atoms with Gasteiger partial charge in [0.2, 0.25) is 0 Å². The van der Waals surface area contributed by atoms with E-state index in [0.717, 1.165) is 11.1 Å². The molecule has 0 aliphatic heterocycles. The highest BCUT2D eigenvalue weighted by atomic mass is 19.4. The lowest BCUT2D eigenvalue weighted by atomic mass is 9.88. The largest absolute Gasteiger partial charge is 0.481 e. The molecule has 5 heteroatoms. The Labute approximate surface area is 115 Å². The zero-order valence-corrected chi connectivity index (χ0v) is 11.2. The molecule has 1 aromatic carbocycles. The van der Waals surface area contributed by atoms with E-state index in [0.29, 0.717) is 0 Å². The number of hydrogen-bond donors (Lipinski definition) is 1. The summed E-state index contributed by atoms with van der Waals surface area (Å²) in [6.07, 6.45) is -3.97. The van der Waals surface area contributed by atoms with Crippen molar-refractivity contribution in [1.29, 1.82) is 0 Å². The van der Waals surface area contributed by atoms with Crippen molar-refractivity contribution < 1.29 is 23.1 Å². The second-order valence-electron chi connectivity index (χ2n) is 4.84. The van der Waals surface area contributed by atoms with E-state index in [2.05, 4.69) is 6.58 Å². The molecule has 0 fully saturated rings. The highest BCUT2D eigenvalue weighted by Gasteiger charge is 2.41. The van der Waals surface area contributed by atoms with Gasteiger partial charge in [-0.05, 0) is 23.5 Å². The number of carboxylic acid groups (broad SMARTS) is 1. The Morgan fingerprint density at radius 3 is 2.30 bits per heavy atom. The third-order valence-corrected chi connectivity index (χ3v) is 3.26. The average Bonchev–Trinajstić information content (AvgIpc) is 2.36. The molecule has 0 saturated carbocycles. The number of carboxylic acids is 1. The van der Waals surface area contributed by atoms with Crippen LogP contribution in [0.3, 0.4) is 0 Å². The van der Waals surface area contributed by atoms with Crippen LogP contribution in [0.25, 0.3) is 6.08 Å². The molecule has 20 heavy (non-hydrogen) atoms. The van der Waals surface area contributed by atoms with Crippen molar-refractivity contribution in [3.05, 3.63) is 42.0 Å². The Morgan fingerprint density at radius 2 is 1.90 bits per heavy atom. The van der Waals surface area contributed by atoms with E-state index >= 15 is 0 Å². The van der Waals surface area contributed by atoms with Crippen molar-refractivity contribution in [2.75, 3.05) is 0 Å². The molecule has 0 radical (unpaired) electrons. The van der Waals surface area contributed by atoms with E-state index in [-0.39, 0.29) is 12.3 Å². The summed E-state index contributed by atoms with van der Waals surface area (Å²) >= 11 is 0. The van der Waals surface area contributed by atoms with Gasteiger partial charge in [0.1, 0.15) is 0 Å². The maximum Gasteiger partial charge on any atom is 0.392 e. The summed E-state index contributed by atoms with van der Waals surface area (Å²) in [5.74, 6) is -3.62. The number of hydrogen-bond acceptors (Lipinski definition) is 1. The highest BCUT2D eigenvalue weighted by Crippen LogP contribution is 2.36. The van der Waals surface area contributed by atoms with E-state index in [1.807, 2.05) is 0 Å². The molecule has 0 aliphatic carbocycles. The molecule has 1 aromatic rings. The van der Waals surface area contributed by atoms with Crippen molar-refractivity contribution in [2.24, 2.45) is 5.92 Å². The van der Waals surface area contributed by atoms with Gasteiger partial charge >= 0.3 is 12.1 Å². The summed E-state index contributed by atoms with van der Waals surface area (Å²) in [5, 5.41) is 8.59. The van der Waals surface area contributed by atoms with Crippen LogP contribution in [-0.2, 0) is 4.79 Å². The van der Waals surface area contributed by atoms with Crippen LogP contribution in [0.1, 0.15) is 36.8 Å². The van der Waals surface area contributed by atoms with E-state index in [1.54, 1.807) is 37.3 Å². The predicted molar refractivity (Wildman–Crippen MR) is 71.4 cm³/mol. The van der Waals surface area contributed by atoms with E-state index in [9.17, 15) is 18.0 Å². The van der Waals surface area contributed by atoms with Crippen molar-refractivity contribution in [2.45, 2.75) is 31.9 Å². The normalized spacial score (nSPS) is 14.6. The lowest BCUT2D eigenvalue weighted by molar-refractivity contribution is -0.185. The van der Waals surface area contributed by atoms with Gasteiger partial charge in [0.05, 0.1) is 12.3 Å². The summed E-state index contributed by atoms with van der Waals surface area (Å²) in [6.45, 7) is 5.27. The lowest BCUT2D eigenvalue weighted by Gasteiger charge is -2.22. The van der Waals surface area contributed by atoms with Gasteiger partial charge in [0.15, 0.2) is 0 Å². The minimum Gasteiger partial charge on any atom is -0.481 e. The van der Waals surface area contributed by atoms with Gasteiger partial charge in [0.25, 0.3) is 0 Å². The Bertz CT molecular complexity index is 463. The van der Waals surface area contributed by atoms with Gasteiger partial charge in [-0.1, -0.05) is 43.8 Å². The molecule has 2 atom stereocenters. The molecule has 0 aliphatic rings. The summed E-state index contributed by atoms with van der Waals surface area (Å²) in [6, 6.07) is 7.04. The summed E-state index contributed by atoms with van der Waals surface area (Å²) in [5.41, 5.74) is 1.65. The summed E-state index contributed by atoms with van der Waals surface area (Å²) < 4.78 is 38.4. The van der Waals surface area contributed by atoms with Crippen LogP contribution in [0.15, 0.2) is 30.8 Å². The third-order valence-electron chi connectivity index (χ3n) is 3.26. The quantitative estimate of drug-likeness (QED) is 0.837. The number of aliphatic carboxylic acids is 1. The second-order valence-corrected chi connectivity index (χ2v) is 4.84. The molecule has 1 rings (SSSR count). The first-order chi connectivity index (χ1) is 9.24. The molecule has 2 nitrogen and oxygen atoms in total. The number of rotatable bonds is 6. The maximum atomic E-state index is 12.8. The fraction of sp³-hybridized carbons (Fsp3) is 0.400. The fourth-order valence-electron chi connectivity index (χ4n) is 2.07. The Hall–Kier alpha value is -1.78. The van der Waals surface area contributed by atoms with Crippen molar-refractivity contribution in [3.63, 3.8) is 0 Å². The van der Waals surface area contributed by atoms with Crippen LogP contribution >= 0.6 is 0 Å². The minimum absolute atomic E-state index is 0.233. The first-order valence-electron chi connectivity index (χ1n) is 6.25. The molecular weight excluding hydrogens is 269 g/mol. The molecule has 110 valence electrons. The monoisotopic (exact) mass is 286 g/mol. The van der Waals surface area contributed by atoms with Gasteiger partial charge in [-0.3, -0.25) is 4.79 Å². The van der Waals surface area contributed by atoms with Crippen LogP contribution in [-0.4, -0.2) is 17.3 Å². The number of alkyl halides is 3. The van der Waals surface area contributed by atoms with E-state index in [4.69, 9.17) is 5.11 Å². The van der Waals surface area contributed by atoms with Gasteiger partial charge < -0.3 is 5.11 Å². The van der Waals surface area contributed by atoms with Crippen molar-refractivity contribution in [3.8, 4) is 0 Å². The molecule has 1 unspecified atom stereocenters. The summed E-state index contributed by atoms with van der Waals surface area (Å²) in [4.78, 5) is 10.5. The number of benzene rings is 1. The van der Waals surface area contributed by atoms with Crippen LogP contribution in [0.5, 0.6) is 0 Å².